The normalized spacial score (nSPS) is 15.8. The molecule has 1 amide bonds. The van der Waals surface area contributed by atoms with Gasteiger partial charge in [-0.2, -0.15) is 4.98 Å². The van der Waals surface area contributed by atoms with Gasteiger partial charge in [0.15, 0.2) is 5.82 Å². The summed E-state index contributed by atoms with van der Waals surface area (Å²) in [5.74, 6) is 1.43. The Hall–Kier alpha value is -3.41. The maximum absolute atomic E-state index is 13.2. The van der Waals surface area contributed by atoms with Gasteiger partial charge in [0.05, 0.1) is 18.9 Å². The van der Waals surface area contributed by atoms with Crippen LogP contribution in [-0.2, 0) is 4.79 Å². The number of amides is 1. The molecule has 6 heteroatoms. The number of benzene rings is 2. The number of rotatable bonds is 7. The van der Waals surface area contributed by atoms with Crippen molar-refractivity contribution in [3.63, 3.8) is 0 Å². The Morgan fingerprint density at radius 3 is 2.32 bits per heavy atom. The van der Waals surface area contributed by atoms with Gasteiger partial charge < -0.3 is 14.5 Å². The van der Waals surface area contributed by atoms with E-state index in [2.05, 4.69) is 34.2 Å². The predicted molar refractivity (Wildman–Crippen MR) is 121 cm³/mol. The highest BCUT2D eigenvalue weighted by atomic mass is 16.5. The smallest absolute Gasteiger partial charge is 0.234 e. The minimum Gasteiger partial charge on any atom is -0.471 e. The lowest BCUT2D eigenvalue weighted by atomic mass is 9.88. The molecule has 0 N–H and O–H groups in total. The van der Waals surface area contributed by atoms with E-state index < -0.39 is 0 Å². The Kier molecular flexibility index (Phi) is 6.46. The van der Waals surface area contributed by atoms with Gasteiger partial charge in [0.2, 0.25) is 11.8 Å². The lowest BCUT2D eigenvalue weighted by molar-refractivity contribution is -0.130. The Morgan fingerprint density at radius 1 is 1.06 bits per heavy atom. The largest absolute Gasteiger partial charge is 0.471 e. The Labute approximate surface area is 183 Å². The topological polar surface area (TPSA) is 58.6 Å². The second kappa shape index (κ2) is 9.60. The standard InChI is InChI=1S/C25H28N4O2/c1-28(2)23-16-26-17-24(27-23)31-21-13-14-29(18-21)25(30)15-22(19-9-5-3-6-10-19)20-11-7-4-8-12-20/h3-12,16-17,21-22H,13-15,18H2,1-2H3. The first kappa shape index (κ1) is 20.8. The van der Waals surface area contributed by atoms with Gasteiger partial charge in [0, 0.05) is 39.4 Å². The van der Waals surface area contributed by atoms with E-state index in [1.165, 1.54) is 0 Å². The fourth-order valence-corrected chi connectivity index (χ4v) is 3.93. The van der Waals surface area contributed by atoms with Crippen LogP contribution in [-0.4, -0.2) is 54.1 Å². The quantitative estimate of drug-likeness (QED) is 0.587. The van der Waals surface area contributed by atoms with Crippen molar-refractivity contribution in [2.45, 2.75) is 24.9 Å². The SMILES string of the molecule is CN(C)c1cncc(OC2CCN(C(=O)CC(c3ccccc3)c3ccccc3)C2)n1. The number of nitrogens with zero attached hydrogens (tertiary/aromatic N) is 4. The summed E-state index contributed by atoms with van der Waals surface area (Å²) in [5.41, 5.74) is 2.31. The summed E-state index contributed by atoms with van der Waals surface area (Å²) >= 11 is 0. The molecule has 6 nitrogen and oxygen atoms in total. The van der Waals surface area contributed by atoms with Crippen molar-refractivity contribution in [1.82, 2.24) is 14.9 Å². The summed E-state index contributed by atoms with van der Waals surface area (Å²) in [5, 5.41) is 0. The van der Waals surface area contributed by atoms with E-state index in [-0.39, 0.29) is 17.9 Å². The zero-order valence-electron chi connectivity index (χ0n) is 18.0. The fraction of sp³-hybridized carbons (Fsp3) is 0.320. The summed E-state index contributed by atoms with van der Waals surface area (Å²) in [6, 6.07) is 20.5. The first-order valence-electron chi connectivity index (χ1n) is 10.6. The van der Waals surface area contributed by atoms with E-state index >= 15 is 0 Å². The van der Waals surface area contributed by atoms with Gasteiger partial charge in [-0.25, -0.2) is 0 Å². The second-order valence-corrected chi connectivity index (χ2v) is 8.06. The summed E-state index contributed by atoms with van der Waals surface area (Å²) in [7, 11) is 3.83. The third-order valence-corrected chi connectivity index (χ3v) is 5.63. The van der Waals surface area contributed by atoms with Crippen LogP contribution in [0.3, 0.4) is 0 Å². The van der Waals surface area contributed by atoms with Crippen LogP contribution in [0.1, 0.15) is 29.9 Å². The first-order chi connectivity index (χ1) is 15.1. The van der Waals surface area contributed by atoms with Crippen molar-refractivity contribution in [3.8, 4) is 5.88 Å². The number of hydrogen-bond acceptors (Lipinski definition) is 5. The van der Waals surface area contributed by atoms with E-state index in [1.807, 2.05) is 60.3 Å². The fourth-order valence-electron chi connectivity index (χ4n) is 3.93. The lowest BCUT2D eigenvalue weighted by Gasteiger charge is -2.22. The van der Waals surface area contributed by atoms with Gasteiger partial charge in [0.25, 0.3) is 0 Å². The molecule has 3 aromatic rings. The molecule has 0 bridgehead atoms. The van der Waals surface area contributed by atoms with Gasteiger partial charge in [-0.15, -0.1) is 0 Å². The molecule has 0 aliphatic carbocycles. The molecule has 0 radical (unpaired) electrons. The van der Waals surface area contributed by atoms with E-state index in [4.69, 9.17) is 4.74 Å². The molecule has 4 rings (SSSR count). The molecular weight excluding hydrogens is 388 g/mol. The van der Waals surface area contributed by atoms with Crippen LogP contribution >= 0.6 is 0 Å². The summed E-state index contributed by atoms with van der Waals surface area (Å²) in [4.78, 5) is 25.6. The number of carbonyl (C=O) groups is 1. The van der Waals surface area contributed by atoms with Crippen molar-refractivity contribution in [3.05, 3.63) is 84.2 Å². The molecular formula is C25H28N4O2. The van der Waals surface area contributed by atoms with E-state index in [1.54, 1.807) is 12.4 Å². The Morgan fingerprint density at radius 2 is 1.71 bits per heavy atom. The molecule has 1 aliphatic heterocycles. The molecule has 0 saturated carbocycles. The van der Waals surface area contributed by atoms with E-state index in [9.17, 15) is 4.79 Å². The molecule has 2 heterocycles. The van der Waals surface area contributed by atoms with Gasteiger partial charge in [-0.05, 0) is 11.1 Å². The number of anilines is 1. The summed E-state index contributed by atoms with van der Waals surface area (Å²) < 4.78 is 6.03. The van der Waals surface area contributed by atoms with Crippen molar-refractivity contribution >= 4 is 11.7 Å². The van der Waals surface area contributed by atoms with Crippen LogP contribution in [0.5, 0.6) is 5.88 Å². The monoisotopic (exact) mass is 416 g/mol. The van der Waals surface area contributed by atoms with Crippen LogP contribution < -0.4 is 9.64 Å². The molecule has 1 atom stereocenters. The Bertz CT molecular complexity index is 955. The number of ether oxygens (including phenoxy) is 1. The van der Waals surface area contributed by atoms with Crippen LogP contribution in [0.2, 0.25) is 0 Å². The van der Waals surface area contributed by atoms with Crippen LogP contribution in [0.25, 0.3) is 0 Å². The molecule has 2 aromatic carbocycles. The molecule has 31 heavy (non-hydrogen) atoms. The summed E-state index contributed by atoms with van der Waals surface area (Å²) in [6.45, 7) is 1.27. The molecule has 1 aromatic heterocycles. The number of carbonyl (C=O) groups excluding carboxylic acids is 1. The van der Waals surface area contributed by atoms with Crippen LogP contribution in [0.15, 0.2) is 73.1 Å². The summed E-state index contributed by atoms with van der Waals surface area (Å²) in [6.07, 6.45) is 4.49. The molecule has 0 spiro atoms. The predicted octanol–water partition coefficient (Wildman–Crippen LogP) is 3.74. The average molecular weight is 417 g/mol. The average Bonchev–Trinajstić information content (AvgIpc) is 3.27. The van der Waals surface area contributed by atoms with Crippen LogP contribution in [0.4, 0.5) is 5.82 Å². The van der Waals surface area contributed by atoms with Crippen molar-refractivity contribution in [2.75, 3.05) is 32.1 Å². The third-order valence-electron chi connectivity index (χ3n) is 5.63. The molecule has 1 aliphatic rings. The van der Waals surface area contributed by atoms with Crippen molar-refractivity contribution in [2.24, 2.45) is 0 Å². The molecule has 1 fully saturated rings. The zero-order chi connectivity index (χ0) is 21.6. The maximum atomic E-state index is 13.2. The number of likely N-dealkylation sites (tertiary alicyclic amines) is 1. The van der Waals surface area contributed by atoms with Gasteiger partial charge in [-0.1, -0.05) is 60.7 Å². The molecule has 1 unspecified atom stereocenters. The van der Waals surface area contributed by atoms with E-state index in [0.717, 1.165) is 23.4 Å². The third kappa shape index (κ3) is 5.20. The van der Waals surface area contributed by atoms with Crippen molar-refractivity contribution < 1.29 is 9.53 Å². The lowest BCUT2D eigenvalue weighted by Crippen LogP contribution is -2.32. The van der Waals surface area contributed by atoms with E-state index in [0.29, 0.717) is 25.4 Å². The minimum atomic E-state index is -0.0671. The van der Waals surface area contributed by atoms with Gasteiger partial charge >= 0.3 is 0 Å². The zero-order valence-corrected chi connectivity index (χ0v) is 18.0. The number of hydrogen-bond donors (Lipinski definition) is 0. The second-order valence-electron chi connectivity index (χ2n) is 8.06. The van der Waals surface area contributed by atoms with Crippen molar-refractivity contribution in [1.29, 1.82) is 0 Å². The first-order valence-corrected chi connectivity index (χ1v) is 10.6. The maximum Gasteiger partial charge on any atom is 0.234 e. The van der Waals surface area contributed by atoms with Gasteiger partial charge in [-0.3, -0.25) is 9.78 Å². The van der Waals surface area contributed by atoms with Crippen LogP contribution in [0, 0.1) is 0 Å². The highest BCUT2D eigenvalue weighted by molar-refractivity contribution is 5.78. The Balaban J connectivity index is 1.42. The minimum absolute atomic E-state index is 0.0394. The number of aromatic nitrogens is 2. The molecule has 160 valence electrons. The van der Waals surface area contributed by atoms with Gasteiger partial charge in [0.1, 0.15) is 6.10 Å². The highest BCUT2D eigenvalue weighted by Gasteiger charge is 2.30. The molecule has 1 saturated heterocycles. The highest BCUT2D eigenvalue weighted by Crippen LogP contribution is 2.29.